The fourth-order valence-corrected chi connectivity index (χ4v) is 2.18. The van der Waals surface area contributed by atoms with Gasteiger partial charge in [-0.3, -0.25) is 9.97 Å². The molecule has 0 radical (unpaired) electrons. The summed E-state index contributed by atoms with van der Waals surface area (Å²) in [6.45, 7) is 6.50. The molecule has 2 aromatic rings. The Kier molecular flexibility index (Phi) is 6.72. The average Bonchev–Trinajstić information content (AvgIpc) is 2.64. The average molecular weight is 368 g/mol. The molecule has 0 aliphatic rings. The number of nitrogens with zero attached hydrogens (tertiary/aromatic N) is 4. The normalized spacial score (nSPS) is 10.8. The third-order valence-electron chi connectivity index (χ3n) is 3.50. The zero-order valence-corrected chi connectivity index (χ0v) is 16.1. The lowest BCUT2D eigenvalue weighted by atomic mass is 10.2. The van der Waals surface area contributed by atoms with Crippen molar-refractivity contribution in [3.63, 3.8) is 0 Å². The summed E-state index contributed by atoms with van der Waals surface area (Å²) >= 11 is 0. The highest BCUT2D eigenvalue weighted by atomic mass is 16.6. The van der Waals surface area contributed by atoms with Gasteiger partial charge >= 0.3 is 6.09 Å². The van der Waals surface area contributed by atoms with Crippen molar-refractivity contribution < 1.29 is 14.3 Å². The molecular weight excluding hydrogens is 344 g/mol. The minimum absolute atomic E-state index is 0.347. The van der Waals surface area contributed by atoms with Gasteiger partial charge in [-0.25, -0.2) is 4.79 Å². The smallest absolute Gasteiger partial charge is 0.410 e. The molecule has 0 aliphatic heterocycles. The standard InChI is InChI=1S/C20H24N4O3/c1-20(2,3)27-19(25)24(4)10-5-11-26-16-6-7-17(23-14-16)18-12-15(13-21)8-9-22-18/h6-9,12,14H,5,10-11H2,1-4H3. The quantitative estimate of drug-likeness (QED) is 0.723. The van der Waals surface area contributed by atoms with Crippen LogP contribution in [0.2, 0.25) is 0 Å². The molecule has 0 bridgehead atoms. The summed E-state index contributed by atoms with van der Waals surface area (Å²) in [5, 5.41) is 8.95. The Balaban J connectivity index is 1.80. The molecule has 0 aromatic carbocycles. The Morgan fingerprint density at radius 1 is 1.22 bits per heavy atom. The maximum Gasteiger partial charge on any atom is 0.410 e. The number of pyridine rings is 2. The second-order valence-corrected chi connectivity index (χ2v) is 7.02. The van der Waals surface area contributed by atoms with Gasteiger partial charge in [-0.1, -0.05) is 0 Å². The lowest BCUT2D eigenvalue weighted by molar-refractivity contribution is 0.0292. The number of hydrogen-bond acceptors (Lipinski definition) is 6. The third-order valence-corrected chi connectivity index (χ3v) is 3.50. The number of ether oxygens (including phenoxy) is 2. The summed E-state index contributed by atoms with van der Waals surface area (Å²) in [5.74, 6) is 0.634. The highest BCUT2D eigenvalue weighted by Crippen LogP contribution is 2.18. The molecule has 7 nitrogen and oxygen atoms in total. The lowest BCUT2D eigenvalue weighted by Crippen LogP contribution is -2.35. The van der Waals surface area contributed by atoms with Crippen LogP contribution < -0.4 is 4.74 Å². The van der Waals surface area contributed by atoms with Crippen LogP contribution in [0.1, 0.15) is 32.8 Å². The Labute approximate surface area is 159 Å². The highest BCUT2D eigenvalue weighted by molar-refractivity contribution is 5.67. The van der Waals surface area contributed by atoms with E-state index in [1.807, 2.05) is 20.8 Å². The van der Waals surface area contributed by atoms with Gasteiger partial charge in [-0.2, -0.15) is 5.26 Å². The van der Waals surface area contributed by atoms with E-state index in [-0.39, 0.29) is 6.09 Å². The number of hydrogen-bond donors (Lipinski definition) is 0. The van der Waals surface area contributed by atoms with E-state index in [4.69, 9.17) is 14.7 Å². The molecule has 7 heteroatoms. The molecule has 1 amide bonds. The molecule has 0 spiro atoms. The second-order valence-electron chi connectivity index (χ2n) is 7.02. The lowest BCUT2D eigenvalue weighted by Gasteiger charge is -2.24. The Morgan fingerprint density at radius 2 is 2.00 bits per heavy atom. The van der Waals surface area contributed by atoms with Crippen LogP contribution in [-0.2, 0) is 4.74 Å². The van der Waals surface area contributed by atoms with Gasteiger partial charge in [0.25, 0.3) is 0 Å². The molecule has 27 heavy (non-hydrogen) atoms. The van der Waals surface area contributed by atoms with E-state index in [0.717, 1.165) is 0 Å². The first kappa shape index (κ1) is 20.2. The van der Waals surface area contributed by atoms with Crippen molar-refractivity contribution in [2.24, 2.45) is 0 Å². The fraction of sp³-hybridized carbons (Fsp3) is 0.400. The first-order valence-corrected chi connectivity index (χ1v) is 8.68. The molecule has 0 unspecified atom stereocenters. The summed E-state index contributed by atoms with van der Waals surface area (Å²) < 4.78 is 11.0. The van der Waals surface area contributed by atoms with Crippen LogP contribution in [-0.4, -0.2) is 46.8 Å². The molecule has 2 heterocycles. The fourth-order valence-electron chi connectivity index (χ4n) is 2.18. The van der Waals surface area contributed by atoms with Crippen molar-refractivity contribution in [1.29, 1.82) is 5.26 Å². The topological polar surface area (TPSA) is 88.3 Å². The minimum atomic E-state index is -0.503. The van der Waals surface area contributed by atoms with Gasteiger partial charge in [0.05, 0.1) is 35.8 Å². The zero-order chi connectivity index (χ0) is 19.9. The second kappa shape index (κ2) is 8.99. The van der Waals surface area contributed by atoms with Crippen LogP contribution in [0.25, 0.3) is 11.4 Å². The van der Waals surface area contributed by atoms with Crippen molar-refractivity contribution in [1.82, 2.24) is 14.9 Å². The Bertz CT molecular complexity index is 807. The maximum absolute atomic E-state index is 11.9. The number of rotatable bonds is 6. The van der Waals surface area contributed by atoms with E-state index in [1.165, 1.54) is 4.90 Å². The van der Waals surface area contributed by atoms with Crippen LogP contribution in [0.15, 0.2) is 36.7 Å². The summed E-state index contributed by atoms with van der Waals surface area (Å²) in [6.07, 6.45) is 3.53. The van der Waals surface area contributed by atoms with Crippen LogP contribution in [0.4, 0.5) is 4.79 Å². The van der Waals surface area contributed by atoms with Crippen LogP contribution in [0.5, 0.6) is 5.75 Å². The molecule has 0 atom stereocenters. The van der Waals surface area contributed by atoms with Crippen LogP contribution in [0, 0.1) is 11.3 Å². The molecule has 0 aliphatic carbocycles. The monoisotopic (exact) mass is 368 g/mol. The SMILES string of the molecule is CN(CCCOc1ccc(-c2cc(C#N)ccn2)nc1)C(=O)OC(C)(C)C. The predicted octanol–water partition coefficient (Wildman–Crippen LogP) is 3.65. The maximum atomic E-state index is 11.9. The van der Waals surface area contributed by atoms with Gasteiger partial charge < -0.3 is 14.4 Å². The summed E-state index contributed by atoms with van der Waals surface area (Å²) in [5.41, 5.74) is 1.34. The minimum Gasteiger partial charge on any atom is -0.492 e. The van der Waals surface area contributed by atoms with Crippen molar-refractivity contribution in [2.45, 2.75) is 32.8 Å². The molecule has 0 fully saturated rings. The first-order chi connectivity index (χ1) is 12.8. The molecule has 142 valence electrons. The van der Waals surface area contributed by atoms with E-state index in [2.05, 4.69) is 16.0 Å². The third kappa shape index (κ3) is 6.59. The number of carbonyl (C=O) groups excluding carboxylic acids is 1. The number of nitriles is 1. The zero-order valence-electron chi connectivity index (χ0n) is 16.1. The number of amides is 1. The van der Waals surface area contributed by atoms with Gasteiger partial charge in [0, 0.05) is 19.8 Å². The summed E-state index contributed by atoms with van der Waals surface area (Å²) in [4.78, 5) is 21.9. The van der Waals surface area contributed by atoms with Crippen molar-refractivity contribution in [3.05, 3.63) is 42.2 Å². The van der Waals surface area contributed by atoms with E-state index in [1.54, 1.807) is 43.7 Å². The van der Waals surface area contributed by atoms with E-state index >= 15 is 0 Å². The number of aromatic nitrogens is 2. The summed E-state index contributed by atoms with van der Waals surface area (Å²) in [7, 11) is 1.70. The molecule has 2 aromatic heterocycles. The molecule has 0 saturated carbocycles. The highest BCUT2D eigenvalue weighted by Gasteiger charge is 2.19. The van der Waals surface area contributed by atoms with Crippen molar-refractivity contribution >= 4 is 6.09 Å². The van der Waals surface area contributed by atoms with E-state index in [0.29, 0.717) is 42.3 Å². The predicted molar refractivity (Wildman–Crippen MR) is 101 cm³/mol. The molecule has 2 rings (SSSR count). The first-order valence-electron chi connectivity index (χ1n) is 8.68. The van der Waals surface area contributed by atoms with Gasteiger partial charge in [0.15, 0.2) is 0 Å². The van der Waals surface area contributed by atoms with Gasteiger partial charge in [0.1, 0.15) is 11.4 Å². The molecule has 0 N–H and O–H groups in total. The van der Waals surface area contributed by atoms with Crippen molar-refractivity contribution in [3.8, 4) is 23.2 Å². The molecular formula is C20H24N4O3. The van der Waals surface area contributed by atoms with Gasteiger partial charge in [-0.15, -0.1) is 0 Å². The van der Waals surface area contributed by atoms with Gasteiger partial charge in [0.2, 0.25) is 0 Å². The number of carbonyl (C=O) groups is 1. The largest absolute Gasteiger partial charge is 0.492 e. The Hall–Kier alpha value is -3.14. The Morgan fingerprint density at radius 3 is 2.63 bits per heavy atom. The van der Waals surface area contributed by atoms with Crippen LogP contribution >= 0.6 is 0 Å². The van der Waals surface area contributed by atoms with Crippen molar-refractivity contribution in [2.75, 3.05) is 20.2 Å². The van der Waals surface area contributed by atoms with Gasteiger partial charge in [-0.05, 0) is 51.5 Å². The van der Waals surface area contributed by atoms with Crippen LogP contribution in [0.3, 0.4) is 0 Å². The summed E-state index contributed by atoms with van der Waals surface area (Å²) in [6, 6.07) is 9.02. The van der Waals surface area contributed by atoms with E-state index in [9.17, 15) is 4.79 Å². The van der Waals surface area contributed by atoms with E-state index < -0.39 is 5.60 Å². The molecule has 0 saturated heterocycles.